The molecule has 0 saturated heterocycles. The smallest absolute Gasteiger partial charge is 0.377 e. The maximum Gasteiger partial charge on any atom is 0.500 e. The van der Waals surface area contributed by atoms with Crippen LogP contribution in [0.3, 0.4) is 0 Å². The van der Waals surface area contributed by atoms with E-state index in [0.717, 1.165) is 21.3 Å². The lowest BCUT2D eigenvalue weighted by atomic mass is 9.97. The first-order valence-corrected chi connectivity index (χ1v) is 8.88. The molecule has 0 aliphatic heterocycles. The van der Waals surface area contributed by atoms with Crippen molar-refractivity contribution in [3.05, 3.63) is 0 Å². The topological polar surface area (TPSA) is 27.7 Å². The van der Waals surface area contributed by atoms with Gasteiger partial charge >= 0.3 is 32.7 Å². The summed E-state index contributed by atoms with van der Waals surface area (Å²) >= 11 is 0. The fraction of sp³-hybridized carbons (Fsp3) is 1.00. The van der Waals surface area contributed by atoms with Crippen LogP contribution in [0.1, 0.15) is 25.7 Å². The fourth-order valence-corrected chi connectivity index (χ4v) is 3.69. The average molecular weight is 410 g/mol. The molecule has 25 heavy (non-hydrogen) atoms. The lowest BCUT2D eigenvalue weighted by molar-refractivity contribution is -0.316. The van der Waals surface area contributed by atoms with Gasteiger partial charge in [-0.15, -0.1) is 0 Å². The average Bonchev–Trinajstić information content (AvgIpc) is 2.49. The van der Waals surface area contributed by atoms with Gasteiger partial charge in [-0.05, 0) is 6.42 Å². The summed E-state index contributed by atoms with van der Waals surface area (Å²) in [7, 11) is 0.0318. The highest BCUT2D eigenvalue weighted by Crippen LogP contribution is 2.50. The van der Waals surface area contributed by atoms with Crippen molar-refractivity contribution >= 4 is 8.80 Å². The number of hydrogen-bond acceptors (Lipinski definition) is 3. The standard InChI is InChI=1S/C12H19F9O3Si/c1-22-25(23-2,24-3)8-4-5-9(13,14)12(20,21)10(15,16)6-7-11(17,18)19/h4-8H2,1-3H3. The molecule has 0 bridgehead atoms. The van der Waals surface area contributed by atoms with Crippen LogP contribution in [0.5, 0.6) is 0 Å². The second-order valence-corrected chi connectivity index (χ2v) is 8.34. The third kappa shape index (κ3) is 6.29. The summed E-state index contributed by atoms with van der Waals surface area (Å²) < 4.78 is 131. The second kappa shape index (κ2) is 8.44. The van der Waals surface area contributed by atoms with Crippen molar-refractivity contribution in [1.82, 2.24) is 0 Å². The van der Waals surface area contributed by atoms with E-state index in [0.29, 0.717) is 0 Å². The molecule has 3 nitrogen and oxygen atoms in total. The summed E-state index contributed by atoms with van der Waals surface area (Å²) in [6.07, 6.45) is -12.3. The summed E-state index contributed by atoms with van der Waals surface area (Å²) in [4.78, 5) is 0. The molecule has 0 amide bonds. The monoisotopic (exact) mass is 410 g/mol. The summed E-state index contributed by atoms with van der Waals surface area (Å²) in [5.74, 6) is -16.7. The maximum atomic E-state index is 13.6. The molecule has 0 unspecified atom stereocenters. The summed E-state index contributed by atoms with van der Waals surface area (Å²) in [6.45, 7) is 0. The van der Waals surface area contributed by atoms with E-state index in [1.165, 1.54) is 0 Å². The zero-order valence-corrected chi connectivity index (χ0v) is 14.7. The number of halogens is 9. The SMILES string of the molecule is CO[Si](CCCC(F)(F)C(F)(F)C(F)(F)CCC(F)(F)F)(OC)OC. The molecule has 0 rings (SSSR count). The van der Waals surface area contributed by atoms with Crippen LogP contribution in [0.2, 0.25) is 6.04 Å². The van der Waals surface area contributed by atoms with Crippen molar-refractivity contribution < 1.29 is 52.8 Å². The van der Waals surface area contributed by atoms with E-state index in [1.54, 1.807) is 0 Å². The minimum Gasteiger partial charge on any atom is -0.377 e. The van der Waals surface area contributed by atoms with E-state index >= 15 is 0 Å². The first kappa shape index (κ1) is 24.5. The summed E-state index contributed by atoms with van der Waals surface area (Å²) in [5.41, 5.74) is 0. The minimum atomic E-state index is -5.94. The first-order valence-electron chi connectivity index (χ1n) is 6.95. The van der Waals surface area contributed by atoms with Gasteiger partial charge in [-0.2, -0.15) is 39.5 Å². The van der Waals surface area contributed by atoms with E-state index in [4.69, 9.17) is 13.3 Å². The van der Waals surface area contributed by atoms with Crippen LogP contribution in [0.15, 0.2) is 0 Å². The highest BCUT2D eigenvalue weighted by atomic mass is 28.4. The molecule has 0 fully saturated rings. The van der Waals surface area contributed by atoms with E-state index in [9.17, 15) is 39.5 Å². The van der Waals surface area contributed by atoms with Crippen LogP contribution in [-0.2, 0) is 13.3 Å². The fourth-order valence-electron chi connectivity index (χ4n) is 1.96. The predicted octanol–water partition coefficient (Wildman–Crippen LogP) is 4.89. The summed E-state index contributed by atoms with van der Waals surface area (Å²) in [5, 5.41) is 0. The molecule has 0 aliphatic carbocycles. The number of rotatable bonds is 11. The molecular formula is C12H19F9O3Si. The van der Waals surface area contributed by atoms with Crippen molar-refractivity contribution in [1.29, 1.82) is 0 Å². The van der Waals surface area contributed by atoms with Gasteiger partial charge in [0, 0.05) is 46.6 Å². The van der Waals surface area contributed by atoms with E-state index in [1.807, 2.05) is 0 Å². The Balaban J connectivity index is 5.02. The Morgan fingerprint density at radius 1 is 0.640 bits per heavy atom. The molecule has 0 aromatic heterocycles. The molecule has 0 heterocycles. The van der Waals surface area contributed by atoms with Crippen molar-refractivity contribution in [3.63, 3.8) is 0 Å². The Morgan fingerprint density at radius 3 is 1.40 bits per heavy atom. The van der Waals surface area contributed by atoms with Gasteiger partial charge in [0.05, 0.1) is 0 Å². The molecule has 0 aromatic rings. The van der Waals surface area contributed by atoms with E-state index in [2.05, 4.69) is 0 Å². The lowest BCUT2D eigenvalue weighted by Crippen LogP contribution is -2.54. The Morgan fingerprint density at radius 2 is 1.04 bits per heavy atom. The quantitative estimate of drug-likeness (QED) is 0.359. The molecule has 0 radical (unpaired) electrons. The van der Waals surface area contributed by atoms with Gasteiger partial charge in [0.25, 0.3) is 0 Å². The Labute approximate surface area is 139 Å². The first-order chi connectivity index (χ1) is 11.1. The molecule has 0 N–H and O–H groups in total. The Hall–Kier alpha value is -0.533. The molecule has 0 spiro atoms. The van der Waals surface area contributed by atoms with Crippen molar-refractivity contribution in [2.75, 3.05) is 21.3 Å². The van der Waals surface area contributed by atoms with Gasteiger partial charge in [0.2, 0.25) is 0 Å². The zero-order chi connectivity index (χ0) is 20.2. The van der Waals surface area contributed by atoms with Crippen molar-refractivity contribution in [2.45, 2.75) is 55.7 Å². The van der Waals surface area contributed by atoms with Crippen molar-refractivity contribution in [2.24, 2.45) is 0 Å². The van der Waals surface area contributed by atoms with Crippen LogP contribution in [0.25, 0.3) is 0 Å². The third-order valence-electron chi connectivity index (χ3n) is 3.55. The van der Waals surface area contributed by atoms with E-state index in [-0.39, 0.29) is 6.04 Å². The van der Waals surface area contributed by atoms with Crippen LogP contribution >= 0.6 is 0 Å². The number of hydrogen-bond donors (Lipinski definition) is 0. The third-order valence-corrected chi connectivity index (χ3v) is 6.38. The highest BCUT2D eigenvalue weighted by Gasteiger charge is 2.70. The number of alkyl halides is 9. The highest BCUT2D eigenvalue weighted by molar-refractivity contribution is 6.60. The molecule has 0 saturated carbocycles. The molecule has 0 atom stereocenters. The molecule has 152 valence electrons. The molecule has 13 heteroatoms. The normalized spacial score (nSPS) is 14.9. The van der Waals surface area contributed by atoms with Crippen molar-refractivity contribution in [3.8, 4) is 0 Å². The largest absolute Gasteiger partial charge is 0.500 e. The molecule has 0 aliphatic rings. The zero-order valence-electron chi connectivity index (χ0n) is 13.7. The predicted molar refractivity (Wildman–Crippen MR) is 71.0 cm³/mol. The second-order valence-electron chi connectivity index (χ2n) is 5.25. The molecule has 0 aromatic carbocycles. The van der Waals surface area contributed by atoms with Gasteiger partial charge < -0.3 is 13.3 Å². The maximum absolute atomic E-state index is 13.6. The minimum absolute atomic E-state index is 0.365. The van der Waals surface area contributed by atoms with Crippen LogP contribution < -0.4 is 0 Å². The van der Waals surface area contributed by atoms with Crippen LogP contribution in [-0.4, -0.2) is 54.1 Å². The van der Waals surface area contributed by atoms with Gasteiger partial charge in [0.1, 0.15) is 0 Å². The lowest BCUT2D eigenvalue weighted by Gasteiger charge is -2.33. The van der Waals surface area contributed by atoms with Gasteiger partial charge in [0.15, 0.2) is 0 Å². The van der Waals surface area contributed by atoms with Gasteiger partial charge in [-0.3, -0.25) is 0 Å². The van der Waals surface area contributed by atoms with E-state index < -0.39 is 58.4 Å². The Bertz CT molecular complexity index is 403. The van der Waals surface area contributed by atoms with Gasteiger partial charge in [-0.1, -0.05) is 0 Å². The van der Waals surface area contributed by atoms with Gasteiger partial charge in [-0.25, -0.2) is 0 Å². The Kier molecular flexibility index (Phi) is 8.26. The van der Waals surface area contributed by atoms with Crippen LogP contribution in [0, 0.1) is 0 Å². The van der Waals surface area contributed by atoms with Crippen LogP contribution in [0.4, 0.5) is 39.5 Å². The summed E-state index contributed by atoms with van der Waals surface area (Å²) in [6, 6.07) is -0.365. The molecular weight excluding hydrogens is 391 g/mol.